The average molecular weight is 716 g/mol. The highest BCUT2D eigenvalue weighted by molar-refractivity contribution is 6.50. The molecule has 1 aromatic heterocycles. The molecule has 1 aliphatic rings. The molecule has 1 aliphatic heterocycles. The molecule has 0 aliphatic carbocycles. The molecule has 0 radical (unpaired) electrons. The minimum atomic E-state index is -6.00. The van der Waals surface area contributed by atoms with Crippen LogP contribution < -0.4 is 19.7 Å². The third-order valence-electron chi connectivity index (χ3n) is 9.58. The highest BCUT2D eigenvalue weighted by Gasteiger charge is 2.30. The van der Waals surface area contributed by atoms with Crippen molar-refractivity contribution in [2.24, 2.45) is 0 Å². The highest BCUT2D eigenvalue weighted by Crippen LogP contribution is 2.47. The second kappa shape index (κ2) is 18.4. The predicted molar refractivity (Wildman–Crippen MR) is 212 cm³/mol. The van der Waals surface area contributed by atoms with Gasteiger partial charge in [0, 0.05) is 56.6 Å². The fourth-order valence-corrected chi connectivity index (χ4v) is 7.08. The highest BCUT2D eigenvalue weighted by atomic mass is 19.5. The smallest absolute Gasteiger partial charge is 0.493 e. The number of aryl methyl sites for hydroxylation is 1. The van der Waals surface area contributed by atoms with E-state index in [0.717, 1.165) is 76.3 Å². The van der Waals surface area contributed by atoms with Crippen molar-refractivity contribution in [3.8, 4) is 11.5 Å². The topological polar surface area (TPSA) is 26.6 Å². The van der Waals surface area contributed by atoms with Crippen molar-refractivity contribution >= 4 is 51.5 Å². The number of benzene rings is 4. The summed E-state index contributed by atoms with van der Waals surface area (Å²) < 4.78 is 54.0. The SMILES string of the molecule is CCCCOc1ccc2c3c(cccc13)C(C=CC=CC=c1c3cccc4c(OCCCC)ccc(c43)n1CCCC)N2CCCC.F[B-](F)(F)F. The first-order valence-electron chi connectivity index (χ1n) is 19.1. The van der Waals surface area contributed by atoms with E-state index in [2.05, 4.69) is 128 Å². The molecule has 0 bridgehead atoms. The molecular formula is C43H52BF4N2O2-. The zero-order valence-electron chi connectivity index (χ0n) is 31.0. The number of halogens is 4. The molecule has 0 fully saturated rings. The van der Waals surface area contributed by atoms with Crippen LogP contribution in [0.15, 0.2) is 85.0 Å². The molecule has 0 saturated heterocycles. The van der Waals surface area contributed by atoms with E-state index >= 15 is 0 Å². The van der Waals surface area contributed by atoms with Crippen molar-refractivity contribution in [3.63, 3.8) is 0 Å². The Labute approximate surface area is 305 Å². The zero-order chi connectivity index (χ0) is 37.1. The Balaban J connectivity index is 0.000000979. The third kappa shape index (κ3) is 9.15. The van der Waals surface area contributed by atoms with Crippen LogP contribution in [-0.2, 0) is 6.54 Å². The lowest BCUT2D eigenvalue weighted by Gasteiger charge is -2.26. The summed E-state index contributed by atoms with van der Waals surface area (Å²) in [5.41, 5.74) is 4.00. The summed E-state index contributed by atoms with van der Waals surface area (Å²) in [6, 6.07) is 22.5. The summed E-state index contributed by atoms with van der Waals surface area (Å²) in [7, 11) is -6.00. The van der Waals surface area contributed by atoms with E-state index in [-0.39, 0.29) is 6.04 Å². The van der Waals surface area contributed by atoms with Crippen LogP contribution in [0.4, 0.5) is 23.0 Å². The van der Waals surface area contributed by atoms with E-state index in [4.69, 9.17) is 9.47 Å². The standard InChI is InChI=1S/C43H52N2O2.BF4/c1-5-9-28-44-36(32-18-16-20-34-40(46-30-11-7-3)26-24-38(44)42(32)34)22-14-13-15-23-37-33-19-17-21-35-41(47-31-12-8-4)27-25-39(43(33)35)45(37)29-10-6-2;2-1(3,4)5/h13-27,36H,5-12,28-31H2,1-4H3;/q;-1. The van der Waals surface area contributed by atoms with Gasteiger partial charge in [0.15, 0.2) is 0 Å². The fraction of sp³-hybridized carbons (Fsp3) is 0.395. The van der Waals surface area contributed by atoms with E-state index in [1.54, 1.807) is 0 Å². The third-order valence-corrected chi connectivity index (χ3v) is 9.58. The van der Waals surface area contributed by atoms with Gasteiger partial charge in [-0.1, -0.05) is 114 Å². The maximum absolute atomic E-state index is 9.75. The van der Waals surface area contributed by atoms with Gasteiger partial charge in [0.25, 0.3) is 0 Å². The first kappa shape index (κ1) is 38.8. The Morgan fingerprint density at radius 1 is 0.635 bits per heavy atom. The fourth-order valence-electron chi connectivity index (χ4n) is 7.08. The maximum atomic E-state index is 9.75. The normalized spacial score (nSPS) is 14.8. The van der Waals surface area contributed by atoms with Crippen molar-refractivity contribution in [1.82, 2.24) is 4.57 Å². The summed E-state index contributed by atoms with van der Waals surface area (Å²) in [6.07, 6.45) is 20.4. The number of nitrogens with zero attached hydrogens (tertiary/aromatic N) is 2. The number of allylic oxidation sites excluding steroid dienone is 3. The monoisotopic (exact) mass is 715 g/mol. The summed E-state index contributed by atoms with van der Waals surface area (Å²) in [5, 5.41) is 7.67. The van der Waals surface area contributed by atoms with Crippen LogP contribution in [0.25, 0.3) is 38.5 Å². The van der Waals surface area contributed by atoms with E-state index in [9.17, 15) is 17.3 Å². The lowest BCUT2D eigenvalue weighted by Crippen LogP contribution is -2.24. The molecule has 0 N–H and O–H groups in total. The summed E-state index contributed by atoms with van der Waals surface area (Å²) in [4.78, 5) is 2.58. The van der Waals surface area contributed by atoms with Gasteiger partial charge in [0.1, 0.15) is 11.5 Å². The van der Waals surface area contributed by atoms with Crippen LogP contribution in [-0.4, -0.2) is 31.6 Å². The van der Waals surface area contributed by atoms with Gasteiger partial charge in [-0.3, -0.25) is 0 Å². The number of hydrogen-bond donors (Lipinski definition) is 0. The van der Waals surface area contributed by atoms with Crippen molar-refractivity contribution in [2.75, 3.05) is 24.7 Å². The summed E-state index contributed by atoms with van der Waals surface area (Å²) in [5.74, 6) is 2.00. The summed E-state index contributed by atoms with van der Waals surface area (Å²) in [6.45, 7) is 12.5. The molecule has 4 aromatic carbocycles. The van der Waals surface area contributed by atoms with E-state index in [0.29, 0.717) is 0 Å². The molecule has 6 rings (SSSR count). The van der Waals surface area contributed by atoms with Crippen LogP contribution in [0.2, 0.25) is 0 Å². The zero-order valence-corrected chi connectivity index (χ0v) is 31.0. The molecule has 9 heteroatoms. The van der Waals surface area contributed by atoms with Crippen LogP contribution >= 0.6 is 0 Å². The van der Waals surface area contributed by atoms with Gasteiger partial charge >= 0.3 is 7.25 Å². The van der Waals surface area contributed by atoms with Crippen molar-refractivity contribution < 1.29 is 26.7 Å². The molecule has 0 saturated carbocycles. The molecule has 1 atom stereocenters. The quantitative estimate of drug-likeness (QED) is 0.0415. The molecule has 278 valence electrons. The maximum Gasteiger partial charge on any atom is 0.673 e. The second-order valence-corrected chi connectivity index (χ2v) is 13.4. The Morgan fingerprint density at radius 2 is 1.21 bits per heavy atom. The van der Waals surface area contributed by atoms with Crippen molar-refractivity contribution in [3.05, 3.63) is 95.9 Å². The summed E-state index contributed by atoms with van der Waals surface area (Å²) >= 11 is 0. The number of unbranched alkanes of at least 4 members (excludes halogenated alkanes) is 4. The number of aromatic nitrogens is 1. The molecule has 52 heavy (non-hydrogen) atoms. The predicted octanol–water partition coefficient (Wildman–Crippen LogP) is 12.4. The Bertz CT molecular complexity index is 2030. The number of hydrogen-bond acceptors (Lipinski definition) is 3. The first-order chi connectivity index (χ1) is 25.2. The first-order valence-corrected chi connectivity index (χ1v) is 19.1. The van der Waals surface area contributed by atoms with Crippen LogP contribution in [0, 0.1) is 0 Å². The Hall–Kier alpha value is -4.40. The van der Waals surface area contributed by atoms with E-state index in [1.165, 1.54) is 61.9 Å². The van der Waals surface area contributed by atoms with Gasteiger partial charge in [-0.05, 0) is 61.6 Å². The molecule has 2 heterocycles. The molecule has 0 spiro atoms. The Kier molecular flexibility index (Phi) is 13.7. The van der Waals surface area contributed by atoms with Crippen molar-refractivity contribution in [2.45, 2.75) is 91.6 Å². The van der Waals surface area contributed by atoms with Gasteiger partial charge in [0.2, 0.25) is 0 Å². The molecular weight excluding hydrogens is 663 g/mol. The van der Waals surface area contributed by atoms with Gasteiger partial charge in [0.05, 0.1) is 19.3 Å². The number of ether oxygens (including phenoxy) is 2. The van der Waals surface area contributed by atoms with Crippen LogP contribution in [0.3, 0.4) is 0 Å². The average Bonchev–Trinajstić information content (AvgIpc) is 3.60. The van der Waals surface area contributed by atoms with Crippen LogP contribution in [0.5, 0.6) is 11.5 Å². The Morgan fingerprint density at radius 3 is 1.87 bits per heavy atom. The van der Waals surface area contributed by atoms with E-state index in [1.807, 2.05) is 0 Å². The molecule has 4 nitrogen and oxygen atoms in total. The largest absolute Gasteiger partial charge is 0.673 e. The molecule has 5 aromatic rings. The van der Waals surface area contributed by atoms with Gasteiger partial charge in [-0.25, -0.2) is 0 Å². The minimum absolute atomic E-state index is 0.208. The lowest BCUT2D eigenvalue weighted by molar-refractivity contribution is 0.313. The van der Waals surface area contributed by atoms with Gasteiger partial charge < -0.3 is 36.2 Å². The lowest BCUT2D eigenvalue weighted by atomic mass is 10.0. The van der Waals surface area contributed by atoms with Crippen LogP contribution in [0.1, 0.15) is 90.7 Å². The van der Waals surface area contributed by atoms with Gasteiger partial charge in [-0.15, -0.1) is 0 Å². The second-order valence-electron chi connectivity index (χ2n) is 13.4. The van der Waals surface area contributed by atoms with Gasteiger partial charge in [-0.2, -0.15) is 0 Å². The van der Waals surface area contributed by atoms with E-state index < -0.39 is 7.25 Å². The minimum Gasteiger partial charge on any atom is -0.493 e. The number of rotatable bonds is 17. The molecule has 1 unspecified atom stereocenters. The van der Waals surface area contributed by atoms with Crippen molar-refractivity contribution in [1.29, 1.82) is 0 Å². The number of anilines is 1. The molecule has 0 amide bonds.